The van der Waals surface area contributed by atoms with Gasteiger partial charge in [-0.2, -0.15) is 0 Å². The third kappa shape index (κ3) is 4.20. The van der Waals surface area contributed by atoms with Crippen LogP contribution in [-0.2, 0) is 4.79 Å². The Morgan fingerprint density at radius 2 is 2.30 bits per heavy atom. The van der Waals surface area contributed by atoms with Gasteiger partial charge < -0.3 is 10.4 Å². The number of aliphatic hydroxyl groups excluding tert-OH is 1. The number of nitrogens with one attached hydrogen (secondary N) is 1. The molecule has 2 rings (SSSR count). The lowest BCUT2D eigenvalue weighted by Crippen LogP contribution is -2.43. The number of carbonyl (C=O) groups excluding carboxylic acids is 1. The number of nitrogens with zero attached hydrogens (tertiary/aromatic N) is 1. The minimum atomic E-state index is -0.315. The summed E-state index contributed by atoms with van der Waals surface area (Å²) in [5.74, 6) is 0.196. The van der Waals surface area contributed by atoms with E-state index in [1.54, 1.807) is 12.1 Å². The zero-order chi connectivity index (χ0) is 14.5. The van der Waals surface area contributed by atoms with Gasteiger partial charge in [-0.15, -0.1) is 0 Å². The molecule has 1 fully saturated rings. The summed E-state index contributed by atoms with van der Waals surface area (Å²) in [6.07, 6.45) is 1.74. The zero-order valence-electron chi connectivity index (χ0n) is 11.7. The van der Waals surface area contributed by atoms with Gasteiger partial charge in [0.05, 0.1) is 23.4 Å². The van der Waals surface area contributed by atoms with Crippen molar-refractivity contribution in [3.63, 3.8) is 0 Å². The van der Waals surface area contributed by atoms with Crippen molar-refractivity contribution >= 4 is 23.2 Å². The predicted molar refractivity (Wildman–Crippen MR) is 80.9 cm³/mol. The molecular formula is C15H21ClN2O2. The molecular weight excluding hydrogens is 276 g/mol. The molecule has 1 aromatic rings. The lowest BCUT2D eigenvalue weighted by atomic mass is 9.93. The standard InChI is InChI=1S/C15H21ClN2O2/c1-11(19)12-5-4-8-18(9-12)10-15(20)17-14-7-3-2-6-13(14)16/h2-3,6-7,11-12,19H,4-5,8-10H2,1H3,(H,17,20). The maximum absolute atomic E-state index is 12.0. The van der Waals surface area contributed by atoms with Gasteiger partial charge in [0.1, 0.15) is 0 Å². The summed E-state index contributed by atoms with van der Waals surface area (Å²) in [5, 5.41) is 13.0. The average molecular weight is 297 g/mol. The quantitative estimate of drug-likeness (QED) is 0.897. The van der Waals surface area contributed by atoms with Crippen molar-refractivity contribution in [2.24, 2.45) is 5.92 Å². The van der Waals surface area contributed by atoms with E-state index in [0.29, 0.717) is 17.3 Å². The second-order valence-electron chi connectivity index (χ2n) is 5.41. The number of para-hydroxylation sites is 1. The number of hydrogen-bond acceptors (Lipinski definition) is 3. The fourth-order valence-electron chi connectivity index (χ4n) is 2.58. The van der Waals surface area contributed by atoms with Crippen LogP contribution in [0.3, 0.4) is 0 Å². The van der Waals surface area contributed by atoms with Crippen molar-refractivity contribution in [2.45, 2.75) is 25.9 Å². The minimum Gasteiger partial charge on any atom is -0.393 e. The molecule has 2 N–H and O–H groups in total. The molecule has 20 heavy (non-hydrogen) atoms. The molecule has 1 aliphatic heterocycles. The summed E-state index contributed by atoms with van der Waals surface area (Å²) < 4.78 is 0. The molecule has 110 valence electrons. The van der Waals surface area contributed by atoms with Crippen LogP contribution in [0.4, 0.5) is 5.69 Å². The number of hydrogen-bond donors (Lipinski definition) is 2. The van der Waals surface area contributed by atoms with Crippen molar-refractivity contribution < 1.29 is 9.90 Å². The number of benzene rings is 1. The second kappa shape index (κ2) is 7.07. The molecule has 0 aliphatic carbocycles. The largest absolute Gasteiger partial charge is 0.393 e. The lowest BCUT2D eigenvalue weighted by Gasteiger charge is -2.33. The monoisotopic (exact) mass is 296 g/mol. The highest BCUT2D eigenvalue weighted by Crippen LogP contribution is 2.21. The van der Waals surface area contributed by atoms with Crippen LogP contribution in [0.2, 0.25) is 5.02 Å². The van der Waals surface area contributed by atoms with Crippen LogP contribution in [0.15, 0.2) is 24.3 Å². The first-order valence-corrected chi connectivity index (χ1v) is 7.39. The first-order chi connectivity index (χ1) is 9.56. The van der Waals surface area contributed by atoms with Crippen molar-refractivity contribution in [2.75, 3.05) is 25.0 Å². The molecule has 0 aromatic heterocycles. The molecule has 2 atom stereocenters. The van der Waals surface area contributed by atoms with Crippen molar-refractivity contribution in [3.05, 3.63) is 29.3 Å². The van der Waals surface area contributed by atoms with Crippen LogP contribution in [0, 0.1) is 5.92 Å². The number of carbonyl (C=O) groups is 1. The fourth-order valence-corrected chi connectivity index (χ4v) is 2.77. The third-order valence-electron chi connectivity index (χ3n) is 3.74. The fraction of sp³-hybridized carbons (Fsp3) is 0.533. The Kier molecular flexibility index (Phi) is 5.40. The van der Waals surface area contributed by atoms with Gasteiger partial charge in [0.15, 0.2) is 0 Å². The molecule has 2 unspecified atom stereocenters. The molecule has 1 heterocycles. The predicted octanol–water partition coefficient (Wildman–Crippen LogP) is 2.37. The summed E-state index contributed by atoms with van der Waals surface area (Å²) >= 11 is 6.01. The summed E-state index contributed by atoms with van der Waals surface area (Å²) in [6, 6.07) is 7.21. The summed E-state index contributed by atoms with van der Waals surface area (Å²) in [7, 11) is 0. The number of halogens is 1. The third-order valence-corrected chi connectivity index (χ3v) is 4.07. The van der Waals surface area contributed by atoms with Crippen LogP contribution >= 0.6 is 11.6 Å². The van der Waals surface area contributed by atoms with E-state index in [-0.39, 0.29) is 17.9 Å². The highest BCUT2D eigenvalue weighted by molar-refractivity contribution is 6.33. The zero-order valence-corrected chi connectivity index (χ0v) is 12.4. The van der Waals surface area contributed by atoms with E-state index < -0.39 is 0 Å². The van der Waals surface area contributed by atoms with E-state index in [0.717, 1.165) is 25.9 Å². The Balaban J connectivity index is 1.87. The average Bonchev–Trinajstić information content (AvgIpc) is 2.41. The van der Waals surface area contributed by atoms with Crippen molar-refractivity contribution in [1.29, 1.82) is 0 Å². The molecule has 1 aliphatic rings. The summed E-state index contributed by atoms with van der Waals surface area (Å²) in [4.78, 5) is 14.1. The molecule has 1 amide bonds. The second-order valence-corrected chi connectivity index (χ2v) is 5.81. The van der Waals surface area contributed by atoms with Gasteiger partial charge in [-0.1, -0.05) is 23.7 Å². The van der Waals surface area contributed by atoms with Gasteiger partial charge >= 0.3 is 0 Å². The smallest absolute Gasteiger partial charge is 0.238 e. The van der Waals surface area contributed by atoms with Gasteiger partial charge in [-0.3, -0.25) is 9.69 Å². The highest BCUT2D eigenvalue weighted by atomic mass is 35.5. The van der Waals surface area contributed by atoms with Crippen LogP contribution in [0.25, 0.3) is 0 Å². The molecule has 1 aromatic carbocycles. The number of likely N-dealkylation sites (tertiary alicyclic amines) is 1. The van der Waals surface area contributed by atoms with Gasteiger partial charge in [0, 0.05) is 6.54 Å². The van der Waals surface area contributed by atoms with Crippen molar-refractivity contribution in [1.82, 2.24) is 4.90 Å². The molecule has 4 nitrogen and oxygen atoms in total. The van der Waals surface area contributed by atoms with Crippen LogP contribution < -0.4 is 5.32 Å². The Bertz CT molecular complexity index is 465. The van der Waals surface area contributed by atoms with Crippen LogP contribution in [0.1, 0.15) is 19.8 Å². The van der Waals surface area contributed by atoms with E-state index in [1.165, 1.54) is 0 Å². The maximum Gasteiger partial charge on any atom is 0.238 e. The molecule has 0 bridgehead atoms. The first-order valence-electron chi connectivity index (χ1n) is 7.01. The number of rotatable bonds is 4. The SMILES string of the molecule is CC(O)C1CCCN(CC(=O)Nc2ccccc2Cl)C1. The lowest BCUT2D eigenvalue weighted by molar-refractivity contribution is -0.118. The molecule has 5 heteroatoms. The number of anilines is 1. The molecule has 0 saturated carbocycles. The maximum atomic E-state index is 12.0. The van der Waals surface area contributed by atoms with E-state index in [2.05, 4.69) is 10.2 Å². The first kappa shape index (κ1) is 15.3. The Labute approximate surface area is 124 Å². The van der Waals surface area contributed by atoms with Crippen LogP contribution in [-0.4, -0.2) is 41.7 Å². The van der Waals surface area contributed by atoms with E-state index in [1.807, 2.05) is 19.1 Å². The normalized spacial score (nSPS) is 21.4. The van der Waals surface area contributed by atoms with Crippen LogP contribution in [0.5, 0.6) is 0 Å². The minimum absolute atomic E-state index is 0.0654. The Morgan fingerprint density at radius 1 is 1.55 bits per heavy atom. The molecule has 0 radical (unpaired) electrons. The van der Waals surface area contributed by atoms with E-state index >= 15 is 0 Å². The summed E-state index contributed by atoms with van der Waals surface area (Å²) in [6.45, 7) is 3.83. The number of amides is 1. The number of aliphatic hydroxyl groups is 1. The topological polar surface area (TPSA) is 52.6 Å². The van der Waals surface area contributed by atoms with Gasteiger partial charge in [0.2, 0.25) is 5.91 Å². The van der Waals surface area contributed by atoms with E-state index in [4.69, 9.17) is 11.6 Å². The highest BCUT2D eigenvalue weighted by Gasteiger charge is 2.24. The Hall–Kier alpha value is -1.10. The van der Waals surface area contributed by atoms with Crippen molar-refractivity contribution in [3.8, 4) is 0 Å². The number of piperidine rings is 1. The van der Waals surface area contributed by atoms with Gasteiger partial charge in [-0.25, -0.2) is 0 Å². The molecule has 1 saturated heterocycles. The van der Waals surface area contributed by atoms with E-state index in [9.17, 15) is 9.90 Å². The Morgan fingerprint density at radius 3 is 3.00 bits per heavy atom. The summed E-state index contributed by atoms with van der Waals surface area (Å²) in [5.41, 5.74) is 0.642. The molecule has 0 spiro atoms. The van der Waals surface area contributed by atoms with Gasteiger partial charge in [0.25, 0.3) is 0 Å². The van der Waals surface area contributed by atoms with Gasteiger partial charge in [-0.05, 0) is 44.4 Å².